The van der Waals surface area contributed by atoms with E-state index in [1.807, 2.05) is 12.1 Å². The molecule has 0 aliphatic carbocycles. The highest BCUT2D eigenvalue weighted by Crippen LogP contribution is 2.34. The second-order valence-corrected chi connectivity index (χ2v) is 7.40. The summed E-state index contributed by atoms with van der Waals surface area (Å²) in [5.74, 6) is 0. The predicted octanol–water partition coefficient (Wildman–Crippen LogP) is 3.30. The molecule has 3 rings (SSSR count). The van der Waals surface area contributed by atoms with Crippen molar-refractivity contribution in [2.24, 2.45) is 7.05 Å². The van der Waals surface area contributed by atoms with Crippen molar-refractivity contribution in [2.75, 3.05) is 33.2 Å². The zero-order valence-corrected chi connectivity index (χ0v) is 14.6. The molecular weight excluding hydrogens is 337 g/mol. The van der Waals surface area contributed by atoms with Crippen molar-refractivity contribution in [1.82, 2.24) is 19.6 Å². The Morgan fingerprint density at radius 3 is 2.62 bits per heavy atom. The number of rotatable bonds is 3. The van der Waals surface area contributed by atoms with Crippen LogP contribution in [0.25, 0.3) is 10.6 Å². The smallest absolute Gasteiger partial charge is 0.305 e. The molecule has 0 saturated carbocycles. The first-order valence-electron chi connectivity index (χ1n) is 7.94. The molecule has 1 aliphatic rings. The average molecular weight is 358 g/mol. The van der Waals surface area contributed by atoms with Crippen LogP contribution in [0.15, 0.2) is 18.2 Å². The largest absolute Gasteiger partial charge is 0.433 e. The van der Waals surface area contributed by atoms with Gasteiger partial charge in [-0.15, -0.1) is 11.3 Å². The number of thiophene rings is 1. The van der Waals surface area contributed by atoms with E-state index < -0.39 is 11.9 Å². The molecule has 132 valence electrons. The Morgan fingerprint density at radius 2 is 1.92 bits per heavy atom. The van der Waals surface area contributed by atoms with Crippen LogP contribution < -0.4 is 0 Å². The number of hydrogen-bond acceptors (Lipinski definition) is 4. The van der Waals surface area contributed by atoms with Crippen LogP contribution in [0.3, 0.4) is 0 Å². The van der Waals surface area contributed by atoms with Gasteiger partial charge in [0, 0.05) is 31.6 Å². The van der Waals surface area contributed by atoms with Crippen LogP contribution in [-0.4, -0.2) is 52.8 Å². The van der Waals surface area contributed by atoms with Crippen molar-refractivity contribution in [2.45, 2.75) is 19.1 Å². The van der Waals surface area contributed by atoms with Gasteiger partial charge in [0.05, 0.1) is 4.88 Å². The third kappa shape index (κ3) is 3.99. The van der Waals surface area contributed by atoms with Gasteiger partial charge in [0.15, 0.2) is 0 Å². The molecule has 8 heteroatoms. The molecule has 24 heavy (non-hydrogen) atoms. The molecule has 1 aliphatic heterocycles. The number of aromatic nitrogens is 2. The summed E-state index contributed by atoms with van der Waals surface area (Å²) >= 11 is 1.52. The summed E-state index contributed by atoms with van der Waals surface area (Å²) in [6.45, 7) is 5.08. The van der Waals surface area contributed by atoms with Crippen LogP contribution in [0.5, 0.6) is 0 Å². The highest BCUT2D eigenvalue weighted by molar-refractivity contribution is 7.15. The molecule has 1 saturated heterocycles. The number of halogens is 3. The summed E-state index contributed by atoms with van der Waals surface area (Å²) in [5, 5.41) is 4.02. The standard InChI is InChI=1S/C16H21F3N4S/c1-21-6-3-7-23(9-8-21)11-12-4-5-14(24-12)13-10-15(16(17,18)19)22(2)20-13/h4-5,10H,3,6-9,11H2,1-2H3. The van der Waals surface area contributed by atoms with E-state index in [-0.39, 0.29) is 0 Å². The van der Waals surface area contributed by atoms with Crippen molar-refractivity contribution < 1.29 is 13.2 Å². The maximum absolute atomic E-state index is 12.9. The molecular formula is C16H21F3N4S. The highest BCUT2D eigenvalue weighted by Gasteiger charge is 2.35. The number of nitrogens with zero attached hydrogens (tertiary/aromatic N) is 4. The molecule has 0 radical (unpaired) electrons. The molecule has 2 aromatic rings. The lowest BCUT2D eigenvalue weighted by Crippen LogP contribution is -2.28. The van der Waals surface area contributed by atoms with E-state index in [0.717, 1.165) is 59.6 Å². The van der Waals surface area contributed by atoms with Crippen molar-refractivity contribution in [3.05, 3.63) is 28.8 Å². The number of likely N-dealkylation sites (N-methyl/N-ethyl adjacent to an activating group) is 1. The Morgan fingerprint density at radius 1 is 1.12 bits per heavy atom. The van der Waals surface area contributed by atoms with Crippen molar-refractivity contribution >= 4 is 11.3 Å². The van der Waals surface area contributed by atoms with E-state index in [1.165, 1.54) is 18.4 Å². The van der Waals surface area contributed by atoms with E-state index in [0.29, 0.717) is 5.69 Å². The second-order valence-electron chi connectivity index (χ2n) is 6.24. The molecule has 0 spiro atoms. The molecule has 0 N–H and O–H groups in total. The summed E-state index contributed by atoms with van der Waals surface area (Å²) in [7, 11) is 3.46. The van der Waals surface area contributed by atoms with Gasteiger partial charge >= 0.3 is 6.18 Å². The first-order valence-corrected chi connectivity index (χ1v) is 8.76. The molecule has 0 unspecified atom stereocenters. The monoisotopic (exact) mass is 358 g/mol. The van der Waals surface area contributed by atoms with Crippen LogP contribution in [0.2, 0.25) is 0 Å². The van der Waals surface area contributed by atoms with Crippen LogP contribution in [0.4, 0.5) is 13.2 Å². The van der Waals surface area contributed by atoms with E-state index in [2.05, 4.69) is 21.9 Å². The van der Waals surface area contributed by atoms with Crippen LogP contribution in [0, 0.1) is 0 Å². The quantitative estimate of drug-likeness (QED) is 0.841. The predicted molar refractivity (Wildman–Crippen MR) is 88.9 cm³/mol. The summed E-state index contributed by atoms with van der Waals surface area (Å²) in [4.78, 5) is 6.67. The molecule has 2 aromatic heterocycles. The number of hydrogen-bond donors (Lipinski definition) is 0. The fraction of sp³-hybridized carbons (Fsp3) is 0.562. The van der Waals surface area contributed by atoms with Crippen LogP contribution in [-0.2, 0) is 19.8 Å². The maximum atomic E-state index is 12.9. The Hall–Kier alpha value is -1.38. The topological polar surface area (TPSA) is 24.3 Å². The van der Waals surface area contributed by atoms with E-state index in [9.17, 15) is 13.2 Å². The first-order chi connectivity index (χ1) is 11.3. The Kier molecular flexibility index (Phi) is 4.98. The van der Waals surface area contributed by atoms with Gasteiger partial charge in [-0.3, -0.25) is 9.58 Å². The van der Waals surface area contributed by atoms with Gasteiger partial charge in [0.25, 0.3) is 0 Å². The average Bonchev–Trinajstić information content (AvgIpc) is 3.05. The molecule has 0 aromatic carbocycles. The zero-order valence-electron chi connectivity index (χ0n) is 13.8. The lowest BCUT2D eigenvalue weighted by molar-refractivity contribution is -0.143. The second kappa shape index (κ2) is 6.85. The van der Waals surface area contributed by atoms with E-state index in [1.54, 1.807) is 0 Å². The molecule has 0 amide bonds. The lowest BCUT2D eigenvalue weighted by atomic mass is 10.3. The number of alkyl halides is 3. The maximum Gasteiger partial charge on any atom is 0.433 e. The summed E-state index contributed by atoms with van der Waals surface area (Å²) in [5.41, 5.74) is -0.334. The van der Waals surface area contributed by atoms with Crippen molar-refractivity contribution in [1.29, 1.82) is 0 Å². The van der Waals surface area contributed by atoms with Crippen molar-refractivity contribution in [3.63, 3.8) is 0 Å². The Labute approximate surface area is 143 Å². The normalized spacial score (nSPS) is 18.0. The third-order valence-corrected chi connectivity index (χ3v) is 5.37. The van der Waals surface area contributed by atoms with Gasteiger partial charge in [0.2, 0.25) is 0 Å². The lowest BCUT2D eigenvalue weighted by Gasteiger charge is -2.18. The molecule has 3 heterocycles. The van der Waals surface area contributed by atoms with Gasteiger partial charge in [0.1, 0.15) is 11.4 Å². The van der Waals surface area contributed by atoms with E-state index >= 15 is 0 Å². The van der Waals surface area contributed by atoms with Crippen LogP contribution >= 0.6 is 11.3 Å². The third-order valence-electron chi connectivity index (χ3n) is 4.28. The Balaban J connectivity index is 1.72. The van der Waals surface area contributed by atoms with Crippen molar-refractivity contribution in [3.8, 4) is 10.6 Å². The fourth-order valence-electron chi connectivity index (χ4n) is 2.93. The van der Waals surface area contributed by atoms with Gasteiger partial charge < -0.3 is 4.90 Å². The van der Waals surface area contributed by atoms with Gasteiger partial charge in [-0.1, -0.05) is 0 Å². The molecule has 1 fully saturated rings. The summed E-state index contributed by atoms with van der Waals surface area (Å²) in [6, 6.07) is 4.99. The minimum absolute atomic E-state index is 0.386. The molecule has 0 atom stereocenters. The first kappa shape index (κ1) is 17.4. The Bertz CT molecular complexity index is 692. The fourth-order valence-corrected chi connectivity index (χ4v) is 3.94. The summed E-state index contributed by atoms with van der Waals surface area (Å²) < 4.78 is 39.6. The van der Waals surface area contributed by atoms with Crippen LogP contribution in [0.1, 0.15) is 17.0 Å². The summed E-state index contributed by atoms with van der Waals surface area (Å²) in [6.07, 6.45) is -3.23. The molecule has 4 nitrogen and oxygen atoms in total. The van der Waals surface area contributed by atoms with Gasteiger partial charge in [-0.25, -0.2) is 0 Å². The number of aryl methyl sites for hydroxylation is 1. The molecule has 0 bridgehead atoms. The zero-order chi connectivity index (χ0) is 17.3. The minimum Gasteiger partial charge on any atom is -0.305 e. The SMILES string of the molecule is CN1CCCN(Cc2ccc(-c3cc(C(F)(F)F)n(C)n3)s2)CC1. The highest BCUT2D eigenvalue weighted by atomic mass is 32.1. The van der Waals surface area contributed by atoms with Gasteiger partial charge in [-0.2, -0.15) is 18.3 Å². The van der Waals surface area contributed by atoms with Gasteiger partial charge in [-0.05, 0) is 44.8 Å². The minimum atomic E-state index is -4.38. The van der Waals surface area contributed by atoms with E-state index in [4.69, 9.17) is 0 Å².